The van der Waals surface area contributed by atoms with Crippen LogP contribution < -0.4 is 16.0 Å². The molecule has 7 heteroatoms. The van der Waals surface area contributed by atoms with Crippen molar-refractivity contribution in [2.45, 2.75) is 26.3 Å². The van der Waals surface area contributed by atoms with Crippen LogP contribution >= 0.6 is 24.8 Å². The Labute approximate surface area is 139 Å². The molecule has 1 heterocycles. The monoisotopic (exact) mass is 336 g/mol. The zero-order chi connectivity index (χ0) is 14.6. The van der Waals surface area contributed by atoms with E-state index in [1.165, 1.54) is 0 Å². The molecule has 0 spiro atoms. The molecule has 122 valence electrons. The van der Waals surface area contributed by atoms with Crippen LogP contribution in [-0.4, -0.2) is 37.1 Å². The van der Waals surface area contributed by atoms with Gasteiger partial charge in [-0.05, 0) is 25.0 Å². The second-order valence-corrected chi connectivity index (χ2v) is 5.53. The minimum absolute atomic E-state index is 0. The Hall–Kier alpha value is -1.04. The first-order valence-electron chi connectivity index (χ1n) is 6.46. The molecular weight excluding hydrogens is 311 g/mol. The maximum atomic E-state index is 12.2. The summed E-state index contributed by atoms with van der Waals surface area (Å²) in [4.78, 5) is 18.3. The van der Waals surface area contributed by atoms with Crippen LogP contribution in [0.1, 0.15) is 31.1 Å². The van der Waals surface area contributed by atoms with Crippen molar-refractivity contribution in [2.75, 3.05) is 25.5 Å². The van der Waals surface area contributed by atoms with Crippen LogP contribution in [0, 0.1) is 5.92 Å². The average molecular weight is 337 g/mol. The number of anilines is 1. The number of carbonyl (C=O) groups is 1. The summed E-state index contributed by atoms with van der Waals surface area (Å²) in [6.07, 6.45) is 1.59. The van der Waals surface area contributed by atoms with Crippen molar-refractivity contribution in [3.63, 3.8) is 0 Å². The summed E-state index contributed by atoms with van der Waals surface area (Å²) in [5.41, 5.74) is 5.90. The van der Waals surface area contributed by atoms with E-state index in [4.69, 9.17) is 5.73 Å². The molecule has 0 aliphatic heterocycles. The molecule has 0 fully saturated rings. The van der Waals surface area contributed by atoms with Crippen LogP contribution in [-0.2, 0) is 0 Å². The molecule has 1 unspecified atom stereocenters. The normalized spacial score (nSPS) is 12.7. The fraction of sp³-hybridized carbons (Fsp3) is 0.571. The molecule has 0 radical (unpaired) electrons. The van der Waals surface area contributed by atoms with E-state index in [0.717, 1.165) is 5.82 Å². The van der Waals surface area contributed by atoms with Crippen LogP contribution in [0.25, 0.3) is 0 Å². The Morgan fingerprint density at radius 1 is 1.38 bits per heavy atom. The number of hydrogen-bond donors (Lipinski definition) is 2. The van der Waals surface area contributed by atoms with E-state index in [9.17, 15) is 4.79 Å². The van der Waals surface area contributed by atoms with Crippen molar-refractivity contribution in [1.29, 1.82) is 0 Å². The van der Waals surface area contributed by atoms with Gasteiger partial charge in [-0.25, -0.2) is 4.98 Å². The van der Waals surface area contributed by atoms with Gasteiger partial charge in [-0.2, -0.15) is 0 Å². The van der Waals surface area contributed by atoms with Crippen molar-refractivity contribution in [1.82, 2.24) is 10.3 Å². The number of halogens is 2. The SMILES string of the molecule is CC(C)C(C)(CN)NC(=O)c1ccc(N(C)C)nc1.Cl.Cl. The number of carbonyl (C=O) groups excluding carboxylic acids is 1. The molecule has 0 aliphatic rings. The zero-order valence-corrected chi connectivity index (χ0v) is 14.8. The lowest BCUT2D eigenvalue weighted by molar-refractivity contribution is 0.0883. The Morgan fingerprint density at radius 2 is 1.95 bits per heavy atom. The largest absolute Gasteiger partial charge is 0.363 e. The third-order valence-electron chi connectivity index (χ3n) is 3.57. The molecule has 21 heavy (non-hydrogen) atoms. The number of amides is 1. The van der Waals surface area contributed by atoms with Crippen LogP contribution in [0.3, 0.4) is 0 Å². The molecule has 0 saturated heterocycles. The summed E-state index contributed by atoms with van der Waals surface area (Å²) in [5.74, 6) is 0.942. The lowest BCUT2D eigenvalue weighted by atomic mass is 9.88. The number of pyridine rings is 1. The summed E-state index contributed by atoms with van der Waals surface area (Å²) in [7, 11) is 3.82. The Bertz CT molecular complexity index is 437. The summed E-state index contributed by atoms with van der Waals surface area (Å²) in [6, 6.07) is 3.60. The first-order chi connectivity index (χ1) is 8.80. The number of nitrogens with zero attached hydrogens (tertiary/aromatic N) is 2. The summed E-state index contributed by atoms with van der Waals surface area (Å²) >= 11 is 0. The van der Waals surface area contributed by atoms with Crippen LogP contribution in [0.5, 0.6) is 0 Å². The smallest absolute Gasteiger partial charge is 0.253 e. The van der Waals surface area contributed by atoms with Gasteiger partial charge in [0.05, 0.1) is 11.1 Å². The first-order valence-corrected chi connectivity index (χ1v) is 6.46. The van der Waals surface area contributed by atoms with Crippen LogP contribution in [0.4, 0.5) is 5.82 Å². The van der Waals surface area contributed by atoms with E-state index >= 15 is 0 Å². The van der Waals surface area contributed by atoms with Crippen LogP contribution in [0.15, 0.2) is 18.3 Å². The lowest BCUT2D eigenvalue weighted by Crippen LogP contribution is -2.55. The number of hydrogen-bond acceptors (Lipinski definition) is 4. The molecule has 0 saturated carbocycles. The van der Waals surface area contributed by atoms with Crippen molar-refractivity contribution >= 4 is 36.5 Å². The third kappa shape index (κ3) is 5.69. The maximum Gasteiger partial charge on any atom is 0.253 e. The molecule has 0 bridgehead atoms. The highest BCUT2D eigenvalue weighted by molar-refractivity contribution is 5.94. The van der Waals surface area contributed by atoms with E-state index in [2.05, 4.69) is 10.3 Å². The van der Waals surface area contributed by atoms with Gasteiger partial charge in [0.25, 0.3) is 5.91 Å². The van der Waals surface area contributed by atoms with E-state index < -0.39 is 5.54 Å². The molecule has 1 amide bonds. The summed E-state index contributed by atoms with van der Waals surface area (Å²) in [6.45, 7) is 6.44. The van der Waals surface area contributed by atoms with Gasteiger partial charge in [0.2, 0.25) is 0 Å². The summed E-state index contributed by atoms with van der Waals surface area (Å²) < 4.78 is 0. The van der Waals surface area contributed by atoms with Gasteiger partial charge in [-0.15, -0.1) is 24.8 Å². The van der Waals surface area contributed by atoms with Gasteiger partial charge in [0.15, 0.2) is 0 Å². The van der Waals surface area contributed by atoms with E-state index in [0.29, 0.717) is 12.1 Å². The van der Waals surface area contributed by atoms with E-state index in [1.807, 2.05) is 45.8 Å². The number of nitrogens with two attached hydrogens (primary N) is 1. The van der Waals surface area contributed by atoms with Crippen molar-refractivity contribution in [2.24, 2.45) is 11.7 Å². The van der Waals surface area contributed by atoms with E-state index in [1.54, 1.807) is 12.3 Å². The topological polar surface area (TPSA) is 71.2 Å². The molecule has 1 aromatic rings. The molecule has 1 aromatic heterocycles. The van der Waals surface area contributed by atoms with Gasteiger partial charge in [-0.3, -0.25) is 4.79 Å². The van der Waals surface area contributed by atoms with Gasteiger partial charge < -0.3 is 16.0 Å². The van der Waals surface area contributed by atoms with Crippen LogP contribution in [0.2, 0.25) is 0 Å². The average Bonchev–Trinajstić information content (AvgIpc) is 2.38. The molecule has 0 aromatic carbocycles. The minimum Gasteiger partial charge on any atom is -0.363 e. The predicted molar refractivity (Wildman–Crippen MR) is 92.8 cm³/mol. The molecule has 1 atom stereocenters. The van der Waals surface area contributed by atoms with Crippen molar-refractivity contribution in [3.05, 3.63) is 23.9 Å². The standard InChI is InChI=1S/C14H24N4O.2ClH/c1-10(2)14(3,9-15)17-13(19)11-6-7-12(16-8-11)18(4)5;;/h6-8,10H,9,15H2,1-5H3,(H,17,19);2*1H. The van der Waals surface area contributed by atoms with Gasteiger partial charge in [0.1, 0.15) is 5.82 Å². The molecule has 0 aliphatic carbocycles. The maximum absolute atomic E-state index is 12.2. The number of nitrogens with one attached hydrogen (secondary N) is 1. The molecule has 3 N–H and O–H groups in total. The molecular formula is C14H26Cl2N4O. The highest BCUT2D eigenvalue weighted by atomic mass is 35.5. The summed E-state index contributed by atoms with van der Waals surface area (Å²) in [5, 5.41) is 2.99. The highest BCUT2D eigenvalue weighted by Crippen LogP contribution is 2.16. The van der Waals surface area contributed by atoms with Crippen molar-refractivity contribution in [3.8, 4) is 0 Å². The van der Waals surface area contributed by atoms with E-state index in [-0.39, 0.29) is 36.6 Å². The fourth-order valence-corrected chi connectivity index (χ4v) is 1.55. The Morgan fingerprint density at radius 3 is 2.29 bits per heavy atom. The number of aromatic nitrogens is 1. The highest BCUT2D eigenvalue weighted by Gasteiger charge is 2.28. The van der Waals surface area contributed by atoms with Crippen molar-refractivity contribution < 1.29 is 4.79 Å². The minimum atomic E-state index is -0.405. The lowest BCUT2D eigenvalue weighted by Gasteiger charge is -2.33. The predicted octanol–water partition coefficient (Wildman–Crippen LogP) is 2.09. The molecule has 5 nitrogen and oxygen atoms in total. The van der Waals surface area contributed by atoms with Gasteiger partial charge >= 0.3 is 0 Å². The third-order valence-corrected chi connectivity index (χ3v) is 3.57. The fourth-order valence-electron chi connectivity index (χ4n) is 1.55. The second kappa shape index (κ2) is 9.07. The Balaban J connectivity index is 0. The van der Waals surface area contributed by atoms with Gasteiger partial charge in [0, 0.05) is 26.8 Å². The Kier molecular flexibility index (Phi) is 9.61. The zero-order valence-electron chi connectivity index (χ0n) is 13.2. The first kappa shape index (κ1) is 22.2. The number of rotatable bonds is 5. The quantitative estimate of drug-likeness (QED) is 0.863. The molecule has 1 rings (SSSR count). The van der Waals surface area contributed by atoms with Gasteiger partial charge in [-0.1, -0.05) is 13.8 Å². The second-order valence-electron chi connectivity index (χ2n) is 5.53.